The molecule has 0 atom stereocenters. The van der Waals surface area contributed by atoms with E-state index < -0.39 is 5.97 Å². The van der Waals surface area contributed by atoms with E-state index in [1.807, 2.05) is 30.3 Å². The number of rotatable bonds is 7. The van der Waals surface area contributed by atoms with Crippen LogP contribution in [0.3, 0.4) is 0 Å². The molecule has 0 radical (unpaired) electrons. The van der Waals surface area contributed by atoms with Gasteiger partial charge in [0.2, 0.25) is 5.91 Å². The Bertz CT molecular complexity index is 614. The normalized spacial score (nSPS) is 10.3. The quantitative estimate of drug-likeness (QED) is 0.818. The Morgan fingerprint density at radius 3 is 2.71 bits per heavy atom. The summed E-state index contributed by atoms with van der Waals surface area (Å²) in [4.78, 5) is 26.3. The highest BCUT2D eigenvalue weighted by Gasteiger charge is 2.09. The minimum Gasteiger partial charge on any atom is -0.476 e. The van der Waals surface area contributed by atoms with Crippen LogP contribution in [0.25, 0.3) is 0 Å². The summed E-state index contributed by atoms with van der Waals surface area (Å²) in [7, 11) is 0. The zero-order chi connectivity index (χ0) is 15.1. The van der Waals surface area contributed by atoms with Crippen LogP contribution in [0.4, 0.5) is 0 Å². The minimum atomic E-state index is -1.05. The van der Waals surface area contributed by atoms with Crippen molar-refractivity contribution >= 4 is 35.0 Å². The standard InChI is InChI=1S/C14H14N2O3S2/c17-12(9-20-7-10-4-2-1-3-5-10)15-6-13-16-11(8-21-13)14(18)19/h1-5,8H,6-7,9H2,(H,15,17)(H,18,19). The van der Waals surface area contributed by atoms with E-state index in [1.165, 1.54) is 34.0 Å². The molecule has 0 fully saturated rings. The summed E-state index contributed by atoms with van der Waals surface area (Å²) in [6, 6.07) is 9.94. The van der Waals surface area contributed by atoms with Gasteiger partial charge in [-0.3, -0.25) is 4.79 Å². The van der Waals surface area contributed by atoms with Crippen molar-refractivity contribution in [2.24, 2.45) is 0 Å². The number of benzene rings is 1. The van der Waals surface area contributed by atoms with E-state index in [0.29, 0.717) is 10.8 Å². The number of carbonyl (C=O) groups excluding carboxylic acids is 1. The molecule has 0 spiro atoms. The fourth-order valence-corrected chi connectivity index (χ4v) is 3.08. The van der Waals surface area contributed by atoms with Crippen LogP contribution in [0.1, 0.15) is 21.1 Å². The van der Waals surface area contributed by atoms with Gasteiger partial charge in [-0.25, -0.2) is 9.78 Å². The molecule has 7 heteroatoms. The first kappa shape index (κ1) is 15.5. The molecule has 0 bridgehead atoms. The number of carboxylic acid groups (broad SMARTS) is 1. The molecule has 0 saturated carbocycles. The molecule has 1 amide bonds. The monoisotopic (exact) mass is 322 g/mol. The summed E-state index contributed by atoms with van der Waals surface area (Å²) in [6.45, 7) is 0.267. The van der Waals surface area contributed by atoms with Gasteiger partial charge in [-0.2, -0.15) is 0 Å². The largest absolute Gasteiger partial charge is 0.476 e. The molecule has 1 aromatic carbocycles. The van der Waals surface area contributed by atoms with E-state index in [9.17, 15) is 9.59 Å². The van der Waals surface area contributed by atoms with Crippen LogP contribution in [0.2, 0.25) is 0 Å². The molecule has 1 heterocycles. The Kier molecular flexibility index (Phi) is 5.77. The number of nitrogens with zero attached hydrogens (tertiary/aromatic N) is 1. The van der Waals surface area contributed by atoms with E-state index in [1.54, 1.807) is 0 Å². The average Bonchev–Trinajstić information content (AvgIpc) is 2.95. The lowest BCUT2D eigenvalue weighted by atomic mass is 10.2. The number of hydrogen-bond acceptors (Lipinski definition) is 5. The van der Waals surface area contributed by atoms with Gasteiger partial charge in [0.25, 0.3) is 0 Å². The minimum absolute atomic E-state index is 0.0164. The number of carbonyl (C=O) groups is 2. The van der Waals surface area contributed by atoms with Gasteiger partial charge in [-0.05, 0) is 5.56 Å². The maximum absolute atomic E-state index is 11.7. The lowest BCUT2D eigenvalue weighted by Crippen LogP contribution is -2.24. The maximum atomic E-state index is 11.7. The van der Waals surface area contributed by atoms with Crippen LogP contribution in [0.15, 0.2) is 35.7 Å². The van der Waals surface area contributed by atoms with Gasteiger partial charge in [0.15, 0.2) is 5.69 Å². The molecular formula is C14H14N2O3S2. The number of aromatic carboxylic acids is 1. The molecule has 2 aromatic rings. The molecule has 1 aromatic heterocycles. The zero-order valence-electron chi connectivity index (χ0n) is 11.1. The third-order valence-electron chi connectivity index (χ3n) is 2.55. The predicted molar refractivity (Wildman–Crippen MR) is 83.5 cm³/mol. The van der Waals surface area contributed by atoms with Gasteiger partial charge in [0, 0.05) is 11.1 Å². The topological polar surface area (TPSA) is 79.3 Å². The van der Waals surface area contributed by atoms with Crippen molar-refractivity contribution in [3.05, 3.63) is 52.0 Å². The SMILES string of the molecule is O=C(CSCc1ccccc1)NCc1nc(C(=O)O)cs1. The van der Waals surface area contributed by atoms with Crippen molar-refractivity contribution in [2.75, 3.05) is 5.75 Å². The van der Waals surface area contributed by atoms with E-state index in [-0.39, 0.29) is 18.1 Å². The predicted octanol–water partition coefficient (Wildman–Crippen LogP) is 2.39. The number of thiazole rings is 1. The summed E-state index contributed by atoms with van der Waals surface area (Å²) < 4.78 is 0. The molecule has 2 N–H and O–H groups in total. The molecule has 21 heavy (non-hydrogen) atoms. The van der Waals surface area contributed by atoms with Gasteiger partial charge in [-0.15, -0.1) is 23.1 Å². The van der Waals surface area contributed by atoms with Crippen LogP contribution in [0, 0.1) is 0 Å². The third kappa shape index (κ3) is 5.20. The Labute approximate surface area is 130 Å². The number of carboxylic acids is 1. The second-order valence-corrected chi connectivity index (χ2v) is 6.12. The summed E-state index contributed by atoms with van der Waals surface area (Å²) in [5.74, 6) is 0.0195. The number of nitrogens with one attached hydrogen (secondary N) is 1. The molecule has 0 aliphatic carbocycles. The Morgan fingerprint density at radius 1 is 1.29 bits per heavy atom. The van der Waals surface area contributed by atoms with Crippen molar-refractivity contribution < 1.29 is 14.7 Å². The zero-order valence-corrected chi connectivity index (χ0v) is 12.7. The van der Waals surface area contributed by atoms with Crippen LogP contribution >= 0.6 is 23.1 Å². The molecule has 2 rings (SSSR count). The third-order valence-corrected chi connectivity index (χ3v) is 4.40. The fraction of sp³-hybridized carbons (Fsp3) is 0.214. The second-order valence-electron chi connectivity index (χ2n) is 4.19. The molecular weight excluding hydrogens is 308 g/mol. The molecule has 0 aliphatic heterocycles. The van der Waals surface area contributed by atoms with E-state index in [0.717, 1.165) is 5.75 Å². The smallest absolute Gasteiger partial charge is 0.355 e. The highest BCUT2D eigenvalue weighted by Crippen LogP contribution is 2.12. The first-order valence-electron chi connectivity index (χ1n) is 6.21. The molecule has 5 nitrogen and oxygen atoms in total. The van der Waals surface area contributed by atoms with Gasteiger partial charge in [0.05, 0.1) is 12.3 Å². The maximum Gasteiger partial charge on any atom is 0.355 e. The highest BCUT2D eigenvalue weighted by atomic mass is 32.2. The number of aromatic nitrogens is 1. The Morgan fingerprint density at radius 2 is 2.05 bits per heavy atom. The van der Waals surface area contributed by atoms with Gasteiger partial charge < -0.3 is 10.4 Å². The average molecular weight is 322 g/mol. The van der Waals surface area contributed by atoms with E-state index in [2.05, 4.69) is 10.3 Å². The summed E-state index contributed by atoms with van der Waals surface area (Å²) in [5.41, 5.74) is 1.20. The Balaban J connectivity index is 1.68. The molecule has 0 saturated heterocycles. The highest BCUT2D eigenvalue weighted by molar-refractivity contribution is 7.99. The fourth-order valence-electron chi connectivity index (χ4n) is 1.55. The first-order valence-corrected chi connectivity index (χ1v) is 8.24. The second kappa shape index (κ2) is 7.80. The van der Waals surface area contributed by atoms with Crippen molar-refractivity contribution in [1.82, 2.24) is 10.3 Å². The van der Waals surface area contributed by atoms with Gasteiger partial charge in [-0.1, -0.05) is 30.3 Å². The lowest BCUT2D eigenvalue weighted by molar-refractivity contribution is -0.118. The van der Waals surface area contributed by atoms with Crippen LogP contribution in [-0.2, 0) is 17.1 Å². The lowest BCUT2D eigenvalue weighted by Gasteiger charge is -2.03. The van der Waals surface area contributed by atoms with Gasteiger partial charge in [0.1, 0.15) is 5.01 Å². The molecule has 110 valence electrons. The van der Waals surface area contributed by atoms with E-state index in [4.69, 9.17) is 5.11 Å². The van der Waals surface area contributed by atoms with Crippen LogP contribution in [0.5, 0.6) is 0 Å². The Hall–Kier alpha value is -1.86. The molecule has 0 aliphatic rings. The van der Waals surface area contributed by atoms with Crippen molar-refractivity contribution in [2.45, 2.75) is 12.3 Å². The van der Waals surface area contributed by atoms with Crippen LogP contribution < -0.4 is 5.32 Å². The summed E-state index contributed by atoms with van der Waals surface area (Å²) >= 11 is 2.76. The van der Waals surface area contributed by atoms with Crippen molar-refractivity contribution in [1.29, 1.82) is 0 Å². The number of amides is 1. The first-order chi connectivity index (χ1) is 10.1. The van der Waals surface area contributed by atoms with Crippen molar-refractivity contribution in [3.63, 3.8) is 0 Å². The number of thioether (sulfide) groups is 1. The number of hydrogen-bond donors (Lipinski definition) is 2. The van der Waals surface area contributed by atoms with Crippen LogP contribution in [-0.4, -0.2) is 27.7 Å². The summed E-state index contributed by atoms with van der Waals surface area (Å²) in [6.07, 6.45) is 0. The van der Waals surface area contributed by atoms with Crippen molar-refractivity contribution in [3.8, 4) is 0 Å². The molecule has 0 unspecified atom stereocenters. The van der Waals surface area contributed by atoms with Gasteiger partial charge >= 0.3 is 5.97 Å². The summed E-state index contributed by atoms with van der Waals surface area (Å²) in [5, 5.41) is 13.5. The van der Waals surface area contributed by atoms with E-state index >= 15 is 0 Å².